The third kappa shape index (κ3) is 3.78. The van der Waals surface area contributed by atoms with Gasteiger partial charge < -0.3 is 0 Å². The van der Waals surface area contributed by atoms with Gasteiger partial charge in [0.05, 0.1) is 0 Å². The highest BCUT2D eigenvalue weighted by atomic mass is 32.2. The van der Waals surface area contributed by atoms with Crippen molar-refractivity contribution in [1.29, 1.82) is 0 Å². The molecule has 0 radical (unpaired) electrons. The lowest BCUT2D eigenvalue weighted by molar-refractivity contribution is 1.09. The van der Waals surface area contributed by atoms with E-state index in [4.69, 9.17) is 0 Å². The van der Waals surface area contributed by atoms with Crippen LogP contribution in [0.1, 0.15) is 34.1 Å². The van der Waals surface area contributed by atoms with Gasteiger partial charge in [-0.1, -0.05) is 18.6 Å². The van der Waals surface area contributed by atoms with Crippen molar-refractivity contribution < 1.29 is 0 Å². The van der Waals surface area contributed by atoms with Crippen molar-refractivity contribution in [2.45, 2.75) is 34.1 Å². The molecule has 1 heteroatoms. The average molecular weight is 156 g/mol. The van der Waals surface area contributed by atoms with Gasteiger partial charge in [-0.2, -0.15) is 0 Å². The quantitative estimate of drug-likeness (QED) is 0.596. The van der Waals surface area contributed by atoms with Crippen molar-refractivity contribution in [3.8, 4) is 0 Å². The summed E-state index contributed by atoms with van der Waals surface area (Å²) in [6.07, 6.45) is 3.23. The van der Waals surface area contributed by atoms with Crippen LogP contribution in [0.4, 0.5) is 0 Å². The summed E-state index contributed by atoms with van der Waals surface area (Å²) in [5.41, 5.74) is 1.49. The molecule has 0 aliphatic heterocycles. The summed E-state index contributed by atoms with van der Waals surface area (Å²) in [5, 5.41) is 2.12. The molecular formula is C9H16S. The van der Waals surface area contributed by atoms with Crippen LogP contribution in [0.25, 0.3) is 0 Å². The Bertz CT molecular complexity index is 143. The zero-order valence-corrected chi connectivity index (χ0v) is 8.09. The van der Waals surface area contributed by atoms with E-state index in [1.54, 1.807) is 0 Å². The summed E-state index contributed by atoms with van der Waals surface area (Å²) in [4.78, 5) is 1.43. The molecule has 0 spiro atoms. The van der Waals surface area contributed by atoms with Gasteiger partial charge in [0.1, 0.15) is 0 Å². The van der Waals surface area contributed by atoms with Crippen molar-refractivity contribution in [1.82, 2.24) is 0 Å². The SMILES string of the molecule is C/C=C\S/C(C)=C(/C)CC. The summed E-state index contributed by atoms with van der Waals surface area (Å²) in [7, 11) is 0. The van der Waals surface area contributed by atoms with Crippen molar-refractivity contribution in [3.63, 3.8) is 0 Å². The number of rotatable bonds is 3. The Morgan fingerprint density at radius 2 is 2.00 bits per heavy atom. The minimum Gasteiger partial charge on any atom is -0.103 e. The lowest BCUT2D eigenvalue weighted by Gasteiger charge is -2.00. The topological polar surface area (TPSA) is 0 Å². The summed E-state index contributed by atoms with van der Waals surface area (Å²) < 4.78 is 0. The first-order valence-electron chi connectivity index (χ1n) is 3.66. The predicted molar refractivity (Wildman–Crippen MR) is 51.1 cm³/mol. The van der Waals surface area contributed by atoms with Gasteiger partial charge in [-0.3, -0.25) is 0 Å². The lowest BCUT2D eigenvalue weighted by Crippen LogP contribution is -1.74. The van der Waals surface area contributed by atoms with E-state index >= 15 is 0 Å². The molecule has 0 aliphatic carbocycles. The van der Waals surface area contributed by atoms with Gasteiger partial charge in [-0.05, 0) is 37.5 Å². The molecule has 0 unspecified atom stereocenters. The number of thioether (sulfide) groups is 1. The fourth-order valence-corrected chi connectivity index (χ4v) is 1.21. The maximum Gasteiger partial charge on any atom is -0.0150 e. The van der Waals surface area contributed by atoms with Crippen LogP contribution in [-0.4, -0.2) is 0 Å². The molecule has 58 valence electrons. The van der Waals surface area contributed by atoms with Gasteiger partial charge in [0.15, 0.2) is 0 Å². The smallest absolute Gasteiger partial charge is 0.0150 e. The Hall–Kier alpha value is -0.170. The standard InChI is InChI=1S/C9H16S/c1-5-7-10-9(4)8(3)6-2/h5,7H,6H2,1-4H3/b7-5-,9-8-. The molecule has 0 heterocycles. The first kappa shape index (κ1) is 9.83. The van der Waals surface area contributed by atoms with Gasteiger partial charge in [0, 0.05) is 0 Å². The second-order valence-electron chi connectivity index (χ2n) is 2.28. The molecule has 0 fully saturated rings. The Balaban J connectivity index is 3.91. The summed E-state index contributed by atoms with van der Waals surface area (Å²) in [6, 6.07) is 0. The Morgan fingerprint density at radius 1 is 1.40 bits per heavy atom. The monoisotopic (exact) mass is 156 g/mol. The molecule has 10 heavy (non-hydrogen) atoms. The van der Waals surface area contributed by atoms with Crippen molar-refractivity contribution in [2.75, 3.05) is 0 Å². The molecule has 0 bridgehead atoms. The Morgan fingerprint density at radius 3 is 2.40 bits per heavy atom. The van der Waals surface area contributed by atoms with Crippen molar-refractivity contribution in [2.24, 2.45) is 0 Å². The molecule has 0 saturated heterocycles. The highest BCUT2D eigenvalue weighted by Gasteiger charge is 1.90. The fourth-order valence-electron chi connectivity index (χ4n) is 0.520. The van der Waals surface area contributed by atoms with Gasteiger partial charge in [-0.15, -0.1) is 11.8 Å². The van der Waals surface area contributed by atoms with Gasteiger partial charge in [0.25, 0.3) is 0 Å². The first-order valence-corrected chi connectivity index (χ1v) is 4.54. The molecule has 0 atom stereocenters. The maximum atomic E-state index is 2.19. The highest BCUT2D eigenvalue weighted by molar-refractivity contribution is 8.05. The van der Waals surface area contributed by atoms with Crippen molar-refractivity contribution in [3.05, 3.63) is 22.0 Å². The molecule has 0 N–H and O–H groups in total. The van der Waals surface area contributed by atoms with E-state index in [1.807, 2.05) is 18.7 Å². The van der Waals surface area contributed by atoms with E-state index in [2.05, 4.69) is 32.3 Å². The van der Waals surface area contributed by atoms with E-state index in [9.17, 15) is 0 Å². The van der Waals surface area contributed by atoms with Gasteiger partial charge in [-0.25, -0.2) is 0 Å². The van der Waals surface area contributed by atoms with Crippen LogP contribution in [-0.2, 0) is 0 Å². The minimum absolute atomic E-state index is 1.16. The summed E-state index contributed by atoms with van der Waals surface area (Å²) in [5.74, 6) is 0. The molecular weight excluding hydrogens is 140 g/mol. The Labute approximate surface area is 68.4 Å². The molecule has 0 rings (SSSR count). The summed E-state index contributed by atoms with van der Waals surface area (Å²) >= 11 is 1.81. The van der Waals surface area contributed by atoms with Crippen LogP contribution in [0.2, 0.25) is 0 Å². The van der Waals surface area contributed by atoms with Gasteiger partial charge in [0.2, 0.25) is 0 Å². The van der Waals surface area contributed by atoms with Crippen LogP contribution in [0.5, 0.6) is 0 Å². The zero-order chi connectivity index (χ0) is 7.98. The van der Waals surface area contributed by atoms with Crippen LogP contribution in [0, 0.1) is 0 Å². The van der Waals surface area contributed by atoms with Crippen LogP contribution in [0.3, 0.4) is 0 Å². The molecule has 0 amide bonds. The fraction of sp³-hybridized carbons (Fsp3) is 0.556. The van der Waals surface area contributed by atoms with Crippen LogP contribution < -0.4 is 0 Å². The van der Waals surface area contributed by atoms with Crippen molar-refractivity contribution >= 4 is 11.8 Å². The molecule has 0 aromatic heterocycles. The van der Waals surface area contributed by atoms with Crippen LogP contribution >= 0.6 is 11.8 Å². The maximum absolute atomic E-state index is 2.19. The van der Waals surface area contributed by atoms with Gasteiger partial charge >= 0.3 is 0 Å². The molecule has 0 aromatic carbocycles. The minimum atomic E-state index is 1.16. The molecule has 0 aliphatic rings. The Kier molecular flexibility index (Phi) is 5.51. The predicted octanol–water partition coefficient (Wildman–Crippen LogP) is 3.96. The van der Waals surface area contributed by atoms with E-state index in [0.717, 1.165) is 6.42 Å². The second-order valence-corrected chi connectivity index (χ2v) is 3.40. The van der Waals surface area contributed by atoms with E-state index in [1.165, 1.54) is 10.5 Å². The molecule has 0 nitrogen and oxygen atoms in total. The lowest BCUT2D eigenvalue weighted by atomic mass is 10.2. The normalized spacial score (nSPS) is 14.0. The highest BCUT2D eigenvalue weighted by Crippen LogP contribution is 2.21. The number of allylic oxidation sites excluding steroid dienone is 3. The average Bonchev–Trinajstić information content (AvgIpc) is 1.98. The van der Waals surface area contributed by atoms with Crippen LogP contribution in [0.15, 0.2) is 22.0 Å². The molecule has 0 aromatic rings. The van der Waals surface area contributed by atoms with E-state index in [0.29, 0.717) is 0 Å². The third-order valence-electron chi connectivity index (χ3n) is 1.51. The number of hydrogen-bond donors (Lipinski definition) is 0. The third-order valence-corrected chi connectivity index (χ3v) is 2.62. The van der Waals surface area contributed by atoms with E-state index < -0.39 is 0 Å². The second kappa shape index (κ2) is 5.60. The van der Waals surface area contributed by atoms with E-state index in [-0.39, 0.29) is 0 Å². The summed E-state index contributed by atoms with van der Waals surface area (Å²) in [6.45, 7) is 8.59. The largest absolute Gasteiger partial charge is 0.103 e. The number of hydrogen-bond acceptors (Lipinski definition) is 1. The molecule has 0 saturated carbocycles. The zero-order valence-electron chi connectivity index (χ0n) is 7.27. The first-order chi connectivity index (χ1) is 4.72.